The number of thioether (sulfide) groups is 1. The van der Waals surface area contributed by atoms with Crippen LogP contribution in [0, 0.1) is 6.92 Å². The smallest absolute Gasteiger partial charge is 0.237 e. The number of ether oxygens (including phenoxy) is 1. The number of aryl methyl sites for hydroxylation is 1. The Labute approximate surface area is 125 Å². The van der Waals surface area contributed by atoms with Crippen LogP contribution >= 0.6 is 23.1 Å². The first-order chi connectivity index (χ1) is 9.60. The Kier molecular flexibility index (Phi) is 4.97. The third-order valence-corrected chi connectivity index (χ3v) is 4.51. The van der Waals surface area contributed by atoms with Crippen LogP contribution in [0.25, 0.3) is 0 Å². The summed E-state index contributed by atoms with van der Waals surface area (Å²) in [5.74, 6) is 0.561. The van der Waals surface area contributed by atoms with Crippen molar-refractivity contribution in [1.82, 2.24) is 10.2 Å². The Bertz CT molecular complexity index is 587. The monoisotopic (exact) mass is 309 g/mol. The molecule has 1 aromatic heterocycles. The molecule has 0 fully saturated rings. The van der Waals surface area contributed by atoms with Crippen molar-refractivity contribution in [3.05, 3.63) is 29.3 Å². The van der Waals surface area contributed by atoms with Crippen LogP contribution in [0.4, 0.5) is 5.69 Å². The molecule has 2 rings (SSSR count). The van der Waals surface area contributed by atoms with E-state index in [2.05, 4.69) is 15.5 Å². The van der Waals surface area contributed by atoms with E-state index in [4.69, 9.17) is 4.74 Å². The summed E-state index contributed by atoms with van der Waals surface area (Å²) in [5.41, 5.74) is 3.39. The van der Waals surface area contributed by atoms with E-state index in [9.17, 15) is 4.79 Å². The lowest BCUT2D eigenvalue weighted by Crippen LogP contribution is -2.22. The maximum atomic E-state index is 12.2. The maximum Gasteiger partial charge on any atom is 0.237 e. The van der Waals surface area contributed by atoms with Gasteiger partial charge in [-0.1, -0.05) is 29.2 Å². The van der Waals surface area contributed by atoms with Crippen molar-refractivity contribution in [2.24, 2.45) is 0 Å². The van der Waals surface area contributed by atoms with Crippen molar-refractivity contribution in [3.8, 4) is 5.75 Å². The predicted octanol–water partition coefficient (Wildman–Crippen LogP) is 2.97. The lowest BCUT2D eigenvalue weighted by molar-refractivity contribution is -0.115. The molecule has 0 bridgehead atoms. The molecule has 1 aromatic carbocycles. The summed E-state index contributed by atoms with van der Waals surface area (Å²) >= 11 is 2.81. The van der Waals surface area contributed by atoms with Gasteiger partial charge < -0.3 is 10.1 Å². The average Bonchev–Trinajstić information content (AvgIpc) is 2.91. The number of benzene rings is 1. The Morgan fingerprint density at radius 2 is 2.30 bits per heavy atom. The number of nitrogens with one attached hydrogen (secondary N) is 1. The van der Waals surface area contributed by atoms with Gasteiger partial charge in [0.25, 0.3) is 0 Å². The number of anilines is 1. The zero-order valence-corrected chi connectivity index (χ0v) is 13.0. The van der Waals surface area contributed by atoms with Crippen LogP contribution in [0.15, 0.2) is 28.0 Å². The molecular weight excluding hydrogens is 294 g/mol. The summed E-state index contributed by atoms with van der Waals surface area (Å²) in [5, 5.41) is 10.3. The number of aromatic nitrogens is 2. The number of nitrogens with zero attached hydrogens (tertiary/aromatic N) is 2. The number of amides is 1. The van der Waals surface area contributed by atoms with E-state index in [-0.39, 0.29) is 11.2 Å². The van der Waals surface area contributed by atoms with Crippen molar-refractivity contribution in [2.45, 2.75) is 23.4 Å². The van der Waals surface area contributed by atoms with E-state index in [0.717, 1.165) is 9.90 Å². The summed E-state index contributed by atoms with van der Waals surface area (Å²) < 4.78 is 6.03. The van der Waals surface area contributed by atoms with E-state index in [1.165, 1.54) is 23.1 Å². The summed E-state index contributed by atoms with van der Waals surface area (Å²) in [6, 6.07) is 5.67. The minimum Gasteiger partial charge on any atom is -0.495 e. The van der Waals surface area contributed by atoms with Gasteiger partial charge in [-0.2, -0.15) is 0 Å². The zero-order chi connectivity index (χ0) is 14.5. The number of methoxy groups -OCH3 is 1. The fraction of sp³-hybridized carbons (Fsp3) is 0.308. The van der Waals surface area contributed by atoms with E-state index < -0.39 is 0 Å². The zero-order valence-electron chi connectivity index (χ0n) is 11.4. The van der Waals surface area contributed by atoms with E-state index in [0.29, 0.717) is 11.4 Å². The molecule has 0 aliphatic rings. The summed E-state index contributed by atoms with van der Waals surface area (Å²) in [7, 11) is 1.58. The van der Waals surface area contributed by atoms with Crippen molar-refractivity contribution in [3.63, 3.8) is 0 Å². The summed E-state index contributed by atoms with van der Waals surface area (Å²) in [4.78, 5) is 12.2. The Hall–Kier alpha value is -1.60. The molecule has 1 heterocycles. The van der Waals surface area contributed by atoms with Crippen LogP contribution in [0.3, 0.4) is 0 Å². The molecule has 0 aliphatic heterocycles. The molecule has 0 radical (unpaired) electrons. The molecule has 106 valence electrons. The van der Waals surface area contributed by atoms with Gasteiger partial charge >= 0.3 is 0 Å². The first kappa shape index (κ1) is 14.8. The topological polar surface area (TPSA) is 64.1 Å². The van der Waals surface area contributed by atoms with Gasteiger partial charge in [0.1, 0.15) is 11.3 Å². The molecule has 1 N–H and O–H groups in total. The van der Waals surface area contributed by atoms with Crippen LogP contribution in [0.5, 0.6) is 5.75 Å². The Balaban J connectivity index is 2.05. The van der Waals surface area contributed by atoms with Crippen LogP contribution in [-0.2, 0) is 4.79 Å². The third-order valence-electron chi connectivity index (χ3n) is 2.60. The number of hydrogen-bond donors (Lipinski definition) is 1. The van der Waals surface area contributed by atoms with Gasteiger partial charge in [-0.15, -0.1) is 10.2 Å². The second kappa shape index (κ2) is 6.71. The fourth-order valence-electron chi connectivity index (χ4n) is 1.57. The highest BCUT2D eigenvalue weighted by atomic mass is 32.2. The standard InChI is InChI=1S/C13H15N3O2S2/c1-8-4-5-11(18-3)10(6-8)15-12(17)9(2)20-13-16-14-7-19-13/h4-7,9H,1-3H3,(H,15,17)/t9-/m0/s1. The van der Waals surface area contributed by atoms with Crippen LogP contribution in [-0.4, -0.2) is 28.5 Å². The molecule has 0 saturated heterocycles. The second-order valence-electron chi connectivity index (χ2n) is 4.16. The van der Waals surface area contributed by atoms with Gasteiger partial charge in [-0.25, -0.2) is 0 Å². The fourth-order valence-corrected chi connectivity index (χ4v) is 3.20. The highest BCUT2D eigenvalue weighted by Gasteiger charge is 2.17. The van der Waals surface area contributed by atoms with E-state index >= 15 is 0 Å². The first-order valence-corrected chi connectivity index (χ1v) is 7.74. The van der Waals surface area contributed by atoms with Crippen LogP contribution < -0.4 is 10.1 Å². The molecule has 0 saturated carbocycles. The molecular formula is C13H15N3O2S2. The Morgan fingerprint density at radius 3 is 2.95 bits per heavy atom. The third kappa shape index (κ3) is 3.71. The van der Waals surface area contributed by atoms with Crippen molar-refractivity contribution in [1.29, 1.82) is 0 Å². The molecule has 0 spiro atoms. The van der Waals surface area contributed by atoms with Crippen LogP contribution in [0.1, 0.15) is 12.5 Å². The second-order valence-corrected chi connectivity index (χ2v) is 6.58. The maximum absolute atomic E-state index is 12.2. The van der Waals surface area contributed by atoms with E-state index in [1.807, 2.05) is 32.0 Å². The minimum absolute atomic E-state index is 0.0888. The predicted molar refractivity (Wildman–Crippen MR) is 81.6 cm³/mol. The number of hydrogen-bond acceptors (Lipinski definition) is 6. The van der Waals surface area contributed by atoms with Gasteiger partial charge in [0, 0.05) is 0 Å². The number of carbonyl (C=O) groups is 1. The molecule has 5 nitrogen and oxygen atoms in total. The van der Waals surface area contributed by atoms with Crippen LogP contribution in [0.2, 0.25) is 0 Å². The van der Waals surface area contributed by atoms with Crippen molar-refractivity contribution >= 4 is 34.7 Å². The molecule has 1 atom stereocenters. The van der Waals surface area contributed by atoms with Gasteiger partial charge in [0.15, 0.2) is 4.34 Å². The molecule has 7 heteroatoms. The highest BCUT2D eigenvalue weighted by Crippen LogP contribution is 2.28. The normalized spacial score (nSPS) is 11.9. The first-order valence-electron chi connectivity index (χ1n) is 5.98. The molecule has 0 aliphatic carbocycles. The number of carbonyl (C=O) groups excluding carboxylic acids is 1. The van der Waals surface area contributed by atoms with Gasteiger partial charge in [-0.3, -0.25) is 4.79 Å². The highest BCUT2D eigenvalue weighted by molar-refractivity contribution is 8.02. The summed E-state index contributed by atoms with van der Waals surface area (Å²) in [6.45, 7) is 3.80. The van der Waals surface area contributed by atoms with Gasteiger partial charge in [0.05, 0.1) is 18.0 Å². The van der Waals surface area contributed by atoms with Gasteiger partial charge in [0.2, 0.25) is 5.91 Å². The lowest BCUT2D eigenvalue weighted by Gasteiger charge is -2.13. The molecule has 20 heavy (non-hydrogen) atoms. The summed E-state index contributed by atoms with van der Waals surface area (Å²) in [6.07, 6.45) is 0. The van der Waals surface area contributed by atoms with Crippen molar-refractivity contribution in [2.75, 3.05) is 12.4 Å². The van der Waals surface area contributed by atoms with Gasteiger partial charge in [-0.05, 0) is 31.5 Å². The molecule has 0 unspecified atom stereocenters. The van der Waals surface area contributed by atoms with E-state index in [1.54, 1.807) is 12.6 Å². The Morgan fingerprint density at radius 1 is 1.50 bits per heavy atom. The largest absolute Gasteiger partial charge is 0.495 e. The SMILES string of the molecule is COc1ccc(C)cc1NC(=O)[C@H](C)Sc1nncs1. The molecule has 1 amide bonds. The number of rotatable bonds is 5. The average molecular weight is 309 g/mol. The lowest BCUT2D eigenvalue weighted by atomic mass is 10.2. The minimum atomic E-state index is -0.256. The quantitative estimate of drug-likeness (QED) is 0.860. The molecule has 2 aromatic rings. The van der Waals surface area contributed by atoms with Crippen molar-refractivity contribution < 1.29 is 9.53 Å².